The van der Waals surface area contributed by atoms with Gasteiger partial charge < -0.3 is 35.1 Å². The first-order chi connectivity index (χ1) is 17.4. The number of morpholine rings is 1. The molecule has 2 atom stereocenters. The molecular formula is C25H33ClN6O4. The van der Waals surface area contributed by atoms with Gasteiger partial charge in [0.05, 0.1) is 34.7 Å². The van der Waals surface area contributed by atoms with Crippen LogP contribution in [0.5, 0.6) is 5.75 Å². The zero-order valence-corrected chi connectivity index (χ0v) is 21.8. The van der Waals surface area contributed by atoms with Gasteiger partial charge in [-0.1, -0.05) is 16.8 Å². The molecule has 0 aliphatic carbocycles. The van der Waals surface area contributed by atoms with Crippen LogP contribution in [0.25, 0.3) is 22.6 Å². The second kappa shape index (κ2) is 12.0. The Kier molecular flexibility index (Phi) is 8.76. The van der Waals surface area contributed by atoms with Gasteiger partial charge in [0.1, 0.15) is 30.0 Å². The number of anilines is 1. The van der Waals surface area contributed by atoms with Crippen molar-refractivity contribution in [3.8, 4) is 28.4 Å². The first kappa shape index (κ1) is 26.3. The summed E-state index contributed by atoms with van der Waals surface area (Å²) in [6.45, 7) is 9.18. The molecule has 0 spiro atoms. The van der Waals surface area contributed by atoms with Crippen LogP contribution in [0, 0.1) is 20.8 Å². The van der Waals surface area contributed by atoms with E-state index in [-0.39, 0.29) is 12.7 Å². The van der Waals surface area contributed by atoms with Crippen LogP contribution in [-0.2, 0) is 4.74 Å². The van der Waals surface area contributed by atoms with Crippen LogP contribution in [0.3, 0.4) is 0 Å². The van der Waals surface area contributed by atoms with Crippen molar-refractivity contribution in [2.75, 3.05) is 51.8 Å². The molecule has 1 aliphatic rings. The number of rotatable bonds is 10. The molecule has 1 aliphatic heterocycles. The number of aryl methyl sites for hydroxylation is 2. The Labute approximate surface area is 215 Å². The Hall–Kier alpha value is -2.76. The Morgan fingerprint density at radius 2 is 2.11 bits per heavy atom. The minimum absolute atomic E-state index is 0.0310. The van der Waals surface area contributed by atoms with E-state index in [4.69, 9.17) is 35.6 Å². The van der Waals surface area contributed by atoms with Crippen LogP contribution in [-0.4, -0.2) is 78.9 Å². The minimum atomic E-state index is -0.636. The lowest BCUT2D eigenvalue weighted by Gasteiger charge is -2.24. The Bertz CT molecular complexity index is 1160. The lowest BCUT2D eigenvalue weighted by atomic mass is 10.0. The van der Waals surface area contributed by atoms with E-state index in [1.54, 1.807) is 25.2 Å². The highest BCUT2D eigenvalue weighted by molar-refractivity contribution is 6.33. The van der Waals surface area contributed by atoms with Gasteiger partial charge >= 0.3 is 0 Å². The number of benzene rings is 1. The average molecular weight is 517 g/mol. The lowest BCUT2D eigenvalue weighted by molar-refractivity contribution is 0.0372. The zero-order valence-electron chi connectivity index (χ0n) is 21.0. The molecular weight excluding hydrogens is 484 g/mol. The molecule has 0 bridgehead atoms. The molecule has 2 aromatic heterocycles. The third-order valence-corrected chi connectivity index (χ3v) is 6.31. The lowest BCUT2D eigenvalue weighted by Crippen LogP contribution is -2.42. The van der Waals surface area contributed by atoms with Crippen molar-refractivity contribution in [2.45, 2.75) is 33.0 Å². The molecule has 3 heterocycles. The normalized spacial score (nSPS) is 16.7. The largest absolute Gasteiger partial charge is 0.491 e. The number of halogens is 1. The Balaban J connectivity index is 1.71. The molecule has 3 aromatic rings. The Morgan fingerprint density at radius 3 is 2.81 bits per heavy atom. The number of aliphatic hydroxyl groups excluding tert-OH is 1. The van der Waals surface area contributed by atoms with E-state index in [0.717, 1.165) is 29.9 Å². The predicted molar refractivity (Wildman–Crippen MR) is 139 cm³/mol. The predicted octanol–water partition coefficient (Wildman–Crippen LogP) is 2.74. The zero-order chi connectivity index (χ0) is 25.7. The fraction of sp³-hybridized carbons (Fsp3) is 0.480. The quantitative estimate of drug-likeness (QED) is 0.319. The average Bonchev–Trinajstić information content (AvgIpc) is 3.21. The smallest absolute Gasteiger partial charge is 0.163 e. The summed E-state index contributed by atoms with van der Waals surface area (Å²) in [7, 11) is 1.78. The number of hydrogen-bond donors (Lipinski definition) is 4. The van der Waals surface area contributed by atoms with E-state index in [0.29, 0.717) is 59.1 Å². The number of nitrogens with one attached hydrogen (secondary N) is 3. The SMILES string of the molecule is CNCC(O)COc1ccc(Cl)c(-c2nc(NC[C@H]3CNCCO3)c(C)c(-c3c(C)noc3C)n2)c1. The number of aliphatic hydroxyl groups is 1. The number of likely N-dealkylation sites (N-methyl/N-ethyl adjacent to an activating group) is 1. The second-order valence-corrected chi connectivity index (χ2v) is 9.22. The molecule has 0 amide bonds. The molecule has 0 radical (unpaired) electrons. The van der Waals surface area contributed by atoms with Crippen molar-refractivity contribution >= 4 is 17.4 Å². The molecule has 10 nitrogen and oxygen atoms in total. The summed E-state index contributed by atoms with van der Waals surface area (Å²) in [5.74, 6) is 2.35. The number of nitrogens with zero attached hydrogens (tertiary/aromatic N) is 3. The van der Waals surface area contributed by atoms with Crippen LogP contribution in [0.4, 0.5) is 5.82 Å². The first-order valence-corrected chi connectivity index (χ1v) is 12.4. The molecule has 1 aromatic carbocycles. The maximum absolute atomic E-state index is 10.0. The van der Waals surface area contributed by atoms with Gasteiger partial charge in [0.2, 0.25) is 0 Å². The van der Waals surface area contributed by atoms with Crippen molar-refractivity contribution in [3.05, 3.63) is 40.2 Å². The molecule has 4 N–H and O–H groups in total. The van der Waals surface area contributed by atoms with Gasteiger partial charge in [-0.15, -0.1) is 0 Å². The highest BCUT2D eigenvalue weighted by atomic mass is 35.5. The topological polar surface area (TPSA) is 127 Å². The van der Waals surface area contributed by atoms with Crippen molar-refractivity contribution < 1.29 is 19.1 Å². The molecule has 194 valence electrons. The van der Waals surface area contributed by atoms with Gasteiger partial charge in [-0.25, -0.2) is 9.97 Å². The summed E-state index contributed by atoms with van der Waals surface area (Å²) in [6, 6.07) is 5.28. The van der Waals surface area contributed by atoms with Gasteiger partial charge in [0, 0.05) is 37.3 Å². The minimum Gasteiger partial charge on any atom is -0.491 e. The fourth-order valence-electron chi connectivity index (χ4n) is 4.09. The van der Waals surface area contributed by atoms with Crippen LogP contribution in [0.15, 0.2) is 22.7 Å². The molecule has 0 saturated carbocycles. The third kappa shape index (κ3) is 6.13. The van der Waals surface area contributed by atoms with E-state index < -0.39 is 6.10 Å². The molecule has 11 heteroatoms. The Morgan fingerprint density at radius 1 is 1.28 bits per heavy atom. The van der Waals surface area contributed by atoms with Gasteiger partial charge in [-0.05, 0) is 46.0 Å². The summed E-state index contributed by atoms with van der Waals surface area (Å²) in [5, 5.41) is 24.3. The summed E-state index contributed by atoms with van der Waals surface area (Å²) in [5.41, 5.74) is 3.77. The molecule has 1 fully saturated rings. The van der Waals surface area contributed by atoms with E-state index in [2.05, 4.69) is 21.1 Å². The van der Waals surface area contributed by atoms with Crippen LogP contribution in [0.1, 0.15) is 17.0 Å². The summed E-state index contributed by atoms with van der Waals surface area (Å²) < 4.78 is 17.1. The second-order valence-electron chi connectivity index (χ2n) is 8.81. The maximum Gasteiger partial charge on any atom is 0.163 e. The van der Waals surface area contributed by atoms with Crippen molar-refractivity contribution in [3.63, 3.8) is 0 Å². The van der Waals surface area contributed by atoms with E-state index in [1.165, 1.54) is 0 Å². The van der Waals surface area contributed by atoms with Gasteiger partial charge in [-0.2, -0.15) is 0 Å². The van der Waals surface area contributed by atoms with E-state index in [1.807, 2.05) is 20.8 Å². The van der Waals surface area contributed by atoms with E-state index >= 15 is 0 Å². The molecule has 36 heavy (non-hydrogen) atoms. The van der Waals surface area contributed by atoms with E-state index in [9.17, 15) is 5.11 Å². The van der Waals surface area contributed by atoms with Crippen LogP contribution >= 0.6 is 11.6 Å². The standard InChI is InChI=1S/C25H33ClN6O4/c1-14-23(22-15(2)32-36-16(22)3)30-25(31-24(14)29-12-19-11-28-7-8-34-19)20-9-18(5-6-21(20)26)35-13-17(33)10-27-4/h5-6,9,17,19,27-28,33H,7-8,10-13H2,1-4H3,(H,29,30,31)/t17?,19-/m1/s1. The van der Waals surface area contributed by atoms with Gasteiger partial charge in [0.15, 0.2) is 5.82 Å². The molecule has 1 saturated heterocycles. The van der Waals surface area contributed by atoms with Gasteiger partial charge in [0.25, 0.3) is 0 Å². The summed E-state index contributed by atoms with van der Waals surface area (Å²) >= 11 is 6.60. The molecule has 4 rings (SSSR count). The number of aromatic nitrogens is 3. The highest BCUT2D eigenvalue weighted by Gasteiger charge is 2.22. The maximum atomic E-state index is 10.0. The van der Waals surface area contributed by atoms with Crippen LogP contribution < -0.4 is 20.7 Å². The van der Waals surface area contributed by atoms with Crippen molar-refractivity contribution in [2.24, 2.45) is 0 Å². The fourth-order valence-corrected chi connectivity index (χ4v) is 4.29. The monoisotopic (exact) mass is 516 g/mol. The highest BCUT2D eigenvalue weighted by Crippen LogP contribution is 2.36. The summed E-state index contributed by atoms with van der Waals surface area (Å²) in [6.07, 6.45) is -0.605. The molecule has 1 unspecified atom stereocenters. The third-order valence-electron chi connectivity index (χ3n) is 5.98. The first-order valence-electron chi connectivity index (χ1n) is 12.0. The van der Waals surface area contributed by atoms with Gasteiger partial charge in [-0.3, -0.25) is 0 Å². The van der Waals surface area contributed by atoms with Crippen LogP contribution in [0.2, 0.25) is 5.02 Å². The van der Waals surface area contributed by atoms with Crippen molar-refractivity contribution in [1.82, 2.24) is 25.8 Å². The number of ether oxygens (including phenoxy) is 2. The van der Waals surface area contributed by atoms with Crippen molar-refractivity contribution in [1.29, 1.82) is 0 Å². The summed E-state index contributed by atoms with van der Waals surface area (Å²) in [4.78, 5) is 9.73. The number of hydrogen-bond acceptors (Lipinski definition) is 10.